The molecule has 4 heterocycles. The SMILES string of the molecule is Cc1cc(N2CCOCC2)nc(N2CCN(c3nc(C)ns3)CC2)n1. The molecule has 0 radical (unpaired) electrons. The van der Waals surface area contributed by atoms with Crippen LogP contribution in [-0.2, 0) is 4.74 Å². The average Bonchev–Trinajstić information content (AvgIpc) is 3.08. The highest BCUT2D eigenvalue weighted by atomic mass is 32.1. The Hall–Kier alpha value is -2.00. The fraction of sp³-hybridized carbons (Fsp3) is 0.625. The van der Waals surface area contributed by atoms with Crippen LogP contribution in [0.1, 0.15) is 11.5 Å². The average molecular weight is 361 g/mol. The number of aromatic nitrogens is 4. The first-order chi connectivity index (χ1) is 12.2. The van der Waals surface area contributed by atoms with Crippen LogP contribution in [0.3, 0.4) is 0 Å². The van der Waals surface area contributed by atoms with Crippen molar-refractivity contribution in [3.05, 3.63) is 17.6 Å². The van der Waals surface area contributed by atoms with Gasteiger partial charge in [0.1, 0.15) is 11.6 Å². The van der Waals surface area contributed by atoms with Crippen LogP contribution in [0.15, 0.2) is 6.07 Å². The van der Waals surface area contributed by atoms with Crippen molar-refractivity contribution in [2.75, 3.05) is 67.2 Å². The van der Waals surface area contributed by atoms with Gasteiger partial charge < -0.3 is 19.4 Å². The second-order valence-corrected chi connectivity index (χ2v) is 7.10. The minimum Gasteiger partial charge on any atom is -0.378 e. The maximum absolute atomic E-state index is 5.44. The topological polar surface area (TPSA) is 70.5 Å². The highest BCUT2D eigenvalue weighted by Gasteiger charge is 2.23. The molecule has 2 saturated heterocycles. The van der Waals surface area contributed by atoms with Crippen LogP contribution in [0, 0.1) is 13.8 Å². The molecule has 4 rings (SSSR count). The highest BCUT2D eigenvalue weighted by molar-refractivity contribution is 7.09. The molecule has 9 heteroatoms. The van der Waals surface area contributed by atoms with Crippen LogP contribution in [0.4, 0.5) is 16.9 Å². The monoisotopic (exact) mass is 361 g/mol. The lowest BCUT2D eigenvalue weighted by Crippen LogP contribution is -2.47. The fourth-order valence-corrected chi connectivity index (χ4v) is 3.87. The number of rotatable bonds is 3. The van der Waals surface area contributed by atoms with Gasteiger partial charge in [-0.15, -0.1) is 0 Å². The zero-order valence-corrected chi connectivity index (χ0v) is 15.5. The van der Waals surface area contributed by atoms with Crippen molar-refractivity contribution in [1.29, 1.82) is 0 Å². The molecule has 2 aliphatic heterocycles. The molecule has 0 amide bonds. The minimum atomic E-state index is 0.762. The van der Waals surface area contributed by atoms with Gasteiger partial charge in [-0.1, -0.05) is 0 Å². The van der Waals surface area contributed by atoms with E-state index in [1.807, 2.05) is 13.8 Å². The van der Waals surface area contributed by atoms with Crippen molar-refractivity contribution < 1.29 is 4.74 Å². The Morgan fingerprint density at radius 2 is 1.60 bits per heavy atom. The predicted molar refractivity (Wildman–Crippen MR) is 98.9 cm³/mol. The molecule has 2 aromatic rings. The van der Waals surface area contributed by atoms with Gasteiger partial charge in [0.25, 0.3) is 0 Å². The zero-order chi connectivity index (χ0) is 17.2. The maximum atomic E-state index is 5.44. The molecule has 0 bridgehead atoms. The van der Waals surface area contributed by atoms with E-state index >= 15 is 0 Å². The molecule has 2 fully saturated rings. The van der Waals surface area contributed by atoms with E-state index in [2.05, 4.69) is 35.1 Å². The smallest absolute Gasteiger partial charge is 0.227 e. The van der Waals surface area contributed by atoms with Crippen molar-refractivity contribution in [2.45, 2.75) is 13.8 Å². The van der Waals surface area contributed by atoms with E-state index < -0.39 is 0 Å². The molecule has 0 aromatic carbocycles. The van der Waals surface area contributed by atoms with Gasteiger partial charge in [0.05, 0.1) is 13.2 Å². The molecule has 0 unspecified atom stereocenters. The molecular formula is C16H23N7OS. The number of nitrogens with zero attached hydrogens (tertiary/aromatic N) is 7. The lowest BCUT2D eigenvalue weighted by atomic mass is 10.3. The summed E-state index contributed by atoms with van der Waals surface area (Å²) in [6.45, 7) is 10.9. The van der Waals surface area contributed by atoms with Crippen LogP contribution < -0.4 is 14.7 Å². The van der Waals surface area contributed by atoms with Crippen LogP contribution in [-0.4, -0.2) is 71.8 Å². The van der Waals surface area contributed by atoms with Crippen molar-refractivity contribution >= 4 is 28.4 Å². The van der Waals surface area contributed by atoms with Crippen LogP contribution in [0.25, 0.3) is 0 Å². The molecule has 0 N–H and O–H groups in total. The Balaban J connectivity index is 1.46. The molecule has 0 aliphatic carbocycles. The molecule has 25 heavy (non-hydrogen) atoms. The van der Waals surface area contributed by atoms with E-state index in [4.69, 9.17) is 9.72 Å². The van der Waals surface area contributed by atoms with Gasteiger partial charge in [0.15, 0.2) is 0 Å². The molecule has 0 spiro atoms. The number of ether oxygens (including phenoxy) is 1. The normalized spacial score (nSPS) is 18.7. The molecule has 134 valence electrons. The van der Waals surface area contributed by atoms with Crippen molar-refractivity contribution in [2.24, 2.45) is 0 Å². The van der Waals surface area contributed by atoms with Gasteiger partial charge in [0.2, 0.25) is 11.1 Å². The van der Waals surface area contributed by atoms with E-state index in [0.29, 0.717) is 0 Å². The van der Waals surface area contributed by atoms with E-state index in [9.17, 15) is 0 Å². The van der Waals surface area contributed by atoms with Gasteiger partial charge in [-0.05, 0) is 13.8 Å². The van der Waals surface area contributed by atoms with Gasteiger partial charge in [-0.2, -0.15) is 9.36 Å². The Morgan fingerprint density at radius 3 is 2.28 bits per heavy atom. The van der Waals surface area contributed by atoms with Gasteiger partial charge >= 0.3 is 0 Å². The standard InChI is InChI=1S/C16H23N7OS/c1-12-11-14(21-7-9-24-10-8-21)19-15(17-12)22-3-5-23(6-4-22)16-18-13(2)20-25-16/h11H,3-10H2,1-2H3. The third-order valence-electron chi connectivity index (χ3n) is 4.51. The van der Waals surface area contributed by atoms with Crippen molar-refractivity contribution in [1.82, 2.24) is 19.3 Å². The van der Waals surface area contributed by atoms with E-state index in [0.717, 1.165) is 80.9 Å². The zero-order valence-electron chi connectivity index (χ0n) is 14.7. The first kappa shape index (κ1) is 16.5. The fourth-order valence-electron chi connectivity index (χ4n) is 3.14. The van der Waals surface area contributed by atoms with E-state index in [1.54, 1.807) is 0 Å². The Kier molecular flexibility index (Phi) is 4.67. The summed E-state index contributed by atoms with van der Waals surface area (Å²) in [5.74, 6) is 2.68. The Labute approximate surface area is 151 Å². The summed E-state index contributed by atoms with van der Waals surface area (Å²) in [5.41, 5.74) is 1.01. The van der Waals surface area contributed by atoms with Gasteiger partial charge in [-0.3, -0.25) is 0 Å². The highest BCUT2D eigenvalue weighted by Crippen LogP contribution is 2.22. The quantitative estimate of drug-likeness (QED) is 0.805. The van der Waals surface area contributed by atoms with Gasteiger partial charge in [0, 0.05) is 62.6 Å². The molecular weight excluding hydrogens is 338 g/mol. The largest absolute Gasteiger partial charge is 0.378 e. The van der Waals surface area contributed by atoms with Crippen LogP contribution in [0.2, 0.25) is 0 Å². The van der Waals surface area contributed by atoms with Crippen LogP contribution in [0.5, 0.6) is 0 Å². The summed E-state index contributed by atoms with van der Waals surface area (Å²) in [5, 5.41) is 1.01. The Bertz CT molecular complexity index is 723. The summed E-state index contributed by atoms with van der Waals surface area (Å²) in [7, 11) is 0. The second-order valence-electron chi connectivity index (χ2n) is 6.37. The lowest BCUT2D eigenvalue weighted by molar-refractivity contribution is 0.122. The third-order valence-corrected chi connectivity index (χ3v) is 5.38. The predicted octanol–water partition coefficient (Wildman–Crippen LogP) is 1.11. The first-order valence-corrected chi connectivity index (χ1v) is 9.45. The lowest BCUT2D eigenvalue weighted by Gasteiger charge is -2.35. The molecule has 8 nitrogen and oxygen atoms in total. The van der Waals surface area contributed by atoms with E-state index in [-0.39, 0.29) is 0 Å². The summed E-state index contributed by atoms with van der Waals surface area (Å²) < 4.78 is 9.72. The minimum absolute atomic E-state index is 0.762. The van der Waals surface area contributed by atoms with E-state index in [1.165, 1.54) is 11.5 Å². The maximum Gasteiger partial charge on any atom is 0.227 e. The Morgan fingerprint density at radius 1 is 0.880 bits per heavy atom. The van der Waals surface area contributed by atoms with Crippen LogP contribution >= 0.6 is 11.5 Å². The van der Waals surface area contributed by atoms with Crippen molar-refractivity contribution in [3.63, 3.8) is 0 Å². The summed E-state index contributed by atoms with van der Waals surface area (Å²) in [6, 6.07) is 2.06. The number of morpholine rings is 1. The summed E-state index contributed by atoms with van der Waals surface area (Å²) in [4.78, 5) is 20.8. The molecule has 0 saturated carbocycles. The summed E-state index contributed by atoms with van der Waals surface area (Å²) in [6.07, 6.45) is 0. The number of hydrogen-bond donors (Lipinski definition) is 0. The number of aryl methyl sites for hydroxylation is 2. The molecule has 0 atom stereocenters. The van der Waals surface area contributed by atoms with Crippen molar-refractivity contribution in [3.8, 4) is 0 Å². The number of piperazine rings is 1. The number of hydrogen-bond acceptors (Lipinski definition) is 9. The molecule has 2 aromatic heterocycles. The summed E-state index contributed by atoms with van der Waals surface area (Å²) >= 11 is 1.47. The third kappa shape index (κ3) is 3.67. The molecule has 2 aliphatic rings. The number of anilines is 3. The van der Waals surface area contributed by atoms with Gasteiger partial charge in [-0.25, -0.2) is 9.97 Å². The second kappa shape index (κ2) is 7.09. The first-order valence-electron chi connectivity index (χ1n) is 8.67.